The summed E-state index contributed by atoms with van der Waals surface area (Å²) < 4.78 is 0. The summed E-state index contributed by atoms with van der Waals surface area (Å²) in [5, 5.41) is 9.19. The number of hydrogen-bond acceptors (Lipinski definition) is 6. The first-order chi connectivity index (χ1) is 9.02. The molecule has 3 heterocycles. The number of rotatable bonds is 2. The van der Waals surface area contributed by atoms with Gasteiger partial charge in [0.2, 0.25) is 0 Å². The molecule has 102 valence electrons. The second kappa shape index (κ2) is 4.76. The Kier molecular flexibility index (Phi) is 3.22. The molecule has 0 radical (unpaired) electrons. The van der Waals surface area contributed by atoms with Crippen molar-refractivity contribution in [2.45, 2.75) is 39.2 Å². The molecule has 1 aromatic rings. The second-order valence-electron chi connectivity index (χ2n) is 6.06. The first-order valence-corrected chi connectivity index (χ1v) is 7.46. The van der Waals surface area contributed by atoms with E-state index in [1.807, 2.05) is 11.3 Å². The third-order valence-electron chi connectivity index (χ3n) is 3.32. The molecule has 3 rings (SSSR count). The largest absolute Gasteiger partial charge is 0.290 e. The van der Waals surface area contributed by atoms with Crippen LogP contribution in [0.25, 0.3) is 0 Å². The summed E-state index contributed by atoms with van der Waals surface area (Å²) in [7, 11) is 0. The second-order valence-corrected chi connectivity index (χ2v) is 7.14. The lowest BCUT2D eigenvalue weighted by atomic mass is 9.98. The van der Waals surface area contributed by atoms with E-state index in [9.17, 15) is 0 Å². The summed E-state index contributed by atoms with van der Waals surface area (Å²) in [6.07, 6.45) is 1.03. The summed E-state index contributed by atoms with van der Waals surface area (Å²) in [4.78, 5) is 12.9. The maximum Gasteiger partial charge on any atom is 0.161 e. The molecule has 0 fully saturated rings. The van der Waals surface area contributed by atoms with E-state index in [-0.39, 0.29) is 5.41 Å². The van der Waals surface area contributed by atoms with Crippen LogP contribution in [-0.4, -0.2) is 35.5 Å². The minimum absolute atomic E-state index is 0.149. The van der Waals surface area contributed by atoms with Gasteiger partial charge in [0, 0.05) is 29.8 Å². The normalized spacial score (nSPS) is 19.6. The van der Waals surface area contributed by atoms with E-state index < -0.39 is 0 Å². The minimum Gasteiger partial charge on any atom is -0.290 e. The van der Waals surface area contributed by atoms with Gasteiger partial charge in [-0.2, -0.15) is 5.11 Å². The molecule has 2 aliphatic heterocycles. The summed E-state index contributed by atoms with van der Waals surface area (Å²) in [5.41, 5.74) is 1.44. The maximum absolute atomic E-state index is 4.81. The van der Waals surface area contributed by atoms with Gasteiger partial charge in [-0.05, 0) is 0 Å². The van der Waals surface area contributed by atoms with Gasteiger partial charge in [0.05, 0.1) is 17.2 Å². The molecule has 0 saturated carbocycles. The van der Waals surface area contributed by atoms with Crippen molar-refractivity contribution in [1.82, 2.24) is 9.88 Å². The van der Waals surface area contributed by atoms with Crippen LogP contribution < -0.4 is 0 Å². The zero-order valence-electron chi connectivity index (χ0n) is 11.7. The molecule has 5 nitrogen and oxygen atoms in total. The summed E-state index contributed by atoms with van der Waals surface area (Å²) in [6.45, 7) is 10.00. The average Bonchev–Trinajstić information content (AvgIpc) is 2.95. The molecule has 0 aliphatic carbocycles. The summed E-state index contributed by atoms with van der Waals surface area (Å²) in [6, 6.07) is 0. The SMILES string of the molecule is CC(C)(C)c1nc2c(s1)CN(CC1=NCN=N1)CC2. The lowest BCUT2D eigenvalue weighted by Gasteiger charge is -2.24. The lowest BCUT2D eigenvalue weighted by molar-refractivity contribution is 0.291. The van der Waals surface area contributed by atoms with Gasteiger partial charge < -0.3 is 0 Å². The van der Waals surface area contributed by atoms with Crippen molar-refractivity contribution in [3.05, 3.63) is 15.6 Å². The Bertz CT molecular complexity index is 538. The van der Waals surface area contributed by atoms with Gasteiger partial charge in [-0.1, -0.05) is 20.8 Å². The number of aromatic nitrogens is 1. The fourth-order valence-electron chi connectivity index (χ4n) is 2.24. The highest BCUT2D eigenvalue weighted by atomic mass is 32.1. The van der Waals surface area contributed by atoms with Crippen LogP contribution in [-0.2, 0) is 18.4 Å². The predicted octanol–water partition coefficient (Wildman–Crippen LogP) is 2.62. The van der Waals surface area contributed by atoms with Gasteiger partial charge in [-0.25, -0.2) is 9.98 Å². The number of thiazole rings is 1. The standard InChI is InChI=1S/C13H19N5S/c1-13(2,3)12-16-9-4-5-18(6-10(9)19-12)7-11-14-8-15-17-11/h4-8H2,1-3H3. The number of amidine groups is 1. The van der Waals surface area contributed by atoms with E-state index >= 15 is 0 Å². The third kappa shape index (κ3) is 2.74. The molecule has 19 heavy (non-hydrogen) atoms. The summed E-state index contributed by atoms with van der Waals surface area (Å²) in [5.74, 6) is 0.865. The Morgan fingerprint density at radius 2 is 2.16 bits per heavy atom. The number of aliphatic imine (C=N–C) groups is 1. The van der Waals surface area contributed by atoms with E-state index in [0.29, 0.717) is 6.67 Å². The number of fused-ring (bicyclic) bond motifs is 1. The van der Waals surface area contributed by atoms with Crippen LogP contribution in [0.4, 0.5) is 0 Å². The van der Waals surface area contributed by atoms with Gasteiger partial charge in [0.1, 0.15) is 0 Å². The molecular formula is C13H19N5S. The van der Waals surface area contributed by atoms with Gasteiger partial charge in [0.25, 0.3) is 0 Å². The first kappa shape index (κ1) is 12.9. The van der Waals surface area contributed by atoms with E-state index in [0.717, 1.165) is 31.9 Å². The monoisotopic (exact) mass is 277 g/mol. The van der Waals surface area contributed by atoms with Crippen LogP contribution in [0.5, 0.6) is 0 Å². The molecule has 1 aromatic heterocycles. The van der Waals surface area contributed by atoms with Crippen molar-refractivity contribution in [3.8, 4) is 0 Å². The van der Waals surface area contributed by atoms with Crippen LogP contribution in [0.15, 0.2) is 15.2 Å². The lowest BCUT2D eigenvalue weighted by Crippen LogP contribution is -2.33. The molecule has 0 spiro atoms. The molecule has 0 atom stereocenters. The Labute approximate surface area is 117 Å². The number of azo groups is 1. The smallest absolute Gasteiger partial charge is 0.161 e. The van der Waals surface area contributed by atoms with Crippen LogP contribution >= 0.6 is 11.3 Å². The van der Waals surface area contributed by atoms with Crippen LogP contribution in [0.1, 0.15) is 36.3 Å². The highest BCUT2D eigenvalue weighted by Gasteiger charge is 2.26. The zero-order chi connectivity index (χ0) is 13.5. The predicted molar refractivity (Wildman–Crippen MR) is 77.0 cm³/mol. The number of nitrogens with zero attached hydrogens (tertiary/aromatic N) is 5. The molecule has 0 bridgehead atoms. The Morgan fingerprint density at radius 3 is 2.84 bits per heavy atom. The van der Waals surface area contributed by atoms with Crippen molar-refractivity contribution < 1.29 is 0 Å². The van der Waals surface area contributed by atoms with Gasteiger partial charge in [-0.3, -0.25) is 4.90 Å². The highest BCUT2D eigenvalue weighted by molar-refractivity contribution is 7.11. The van der Waals surface area contributed by atoms with Crippen molar-refractivity contribution in [2.75, 3.05) is 19.8 Å². The fourth-order valence-corrected chi connectivity index (χ4v) is 3.45. The van der Waals surface area contributed by atoms with Gasteiger partial charge in [0.15, 0.2) is 12.5 Å². The van der Waals surface area contributed by atoms with Crippen molar-refractivity contribution in [3.63, 3.8) is 0 Å². The number of hydrogen-bond donors (Lipinski definition) is 0. The first-order valence-electron chi connectivity index (χ1n) is 6.64. The molecule has 0 unspecified atom stereocenters. The quantitative estimate of drug-likeness (QED) is 0.834. The molecule has 6 heteroatoms. The third-order valence-corrected chi connectivity index (χ3v) is 4.83. The van der Waals surface area contributed by atoms with Crippen LogP contribution in [0.3, 0.4) is 0 Å². The van der Waals surface area contributed by atoms with Crippen molar-refractivity contribution in [1.29, 1.82) is 0 Å². The zero-order valence-corrected chi connectivity index (χ0v) is 12.5. The average molecular weight is 277 g/mol. The van der Waals surface area contributed by atoms with Crippen molar-refractivity contribution >= 4 is 17.2 Å². The van der Waals surface area contributed by atoms with Gasteiger partial charge in [-0.15, -0.1) is 16.5 Å². The maximum atomic E-state index is 4.81. The summed E-state index contributed by atoms with van der Waals surface area (Å²) >= 11 is 1.86. The van der Waals surface area contributed by atoms with E-state index in [2.05, 4.69) is 40.9 Å². The minimum atomic E-state index is 0.149. The highest BCUT2D eigenvalue weighted by Crippen LogP contribution is 2.32. The van der Waals surface area contributed by atoms with Crippen LogP contribution in [0, 0.1) is 0 Å². The molecule has 0 amide bonds. The molecule has 0 saturated heterocycles. The van der Waals surface area contributed by atoms with E-state index in [4.69, 9.17) is 4.98 Å². The molecule has 0 aromatic carbocycles. The van der Waals surface area contributed by atoms with E-state index in [1.165, 1.54) is 15.6 Å². The Morgan fingerprint density at radius 1 is 1.32 bits per heavy atom. The topological polar surface area (TPSA) is 53.2 Å². The van der Waals surface area contributed by atoms with Crippen molar-refractivity contribution in [2.24, 2.45) is 15.2 Å². The Hall–Kier alpha value is -1.14. The molecular weight excluding hydrogens is 258 g/mol. The Balaban J connectivity index is 1.73. The fraction of sp³-hybridized carbons (Fsp3) is 0.692. The molecule has 2 aliphatic rings. The van der Waals surface area contributed by atoms with Gasteiger partial charge >= 0.3 is 0 Å². The van der Waals surface area contributed by atoms with Crippen LogP contribution in [0.2, 0.25) is 0 Å². The van der Waals surface area contributed by atoms with E-state index in [1.54, 1.807) is 0 Å². The molecule has 0 N–H and O–H groups in total.